The van der Waals surface area contributed by atoms with E-state index >= 15 is 0 Å². The summed E-state index contributed by atoms with van der Waals surface area (Å²) < 4.78 is 59.4. The van der Waals surface area contributed by atoms with Crippen molar-refractivity contribution in [3.8, 4) is 0 Å². The van der Waals surface area contributed by atoms with Crippen molar-refractivity contribution in [1.29, 1.82) is 0 Å². The number of benzene rings is 1. The van der Waals surface area contributed by atoms with E-state index in [9.17, 15) is 21.6 Å². The molecule has 12 heteroatoms. The van der Waals surface area contributed by atoms with Crippen LogP contribution in [0.4, 0.5) is 0 Å². The quantitative estimate of drug-likeness (QED) is 0.630. The van der Waals surface area contributed by atoms with Gasteiger partial charge in [0, 0.05) is 45.3 Å². The lowest BCUT2D eigenvalue weighted by Gasteiger charge is -2.33. The minimum absolute atomic E-state index is 0.0285. The van der Waals surface area contributed by atoms with E-state index in [-0.39, 0.29) is 47.6 Å². The van der Waals surface area contributed by atoms with Crippen LogP contribution in [0.15, 0.2) is 44.6 Å². The Balaban J connectivity index is 1.43. The van der Waals surface area contributed by atoms with Crippen LogP contribution >= 0.6 is 0 Å². The largest absolute Gasteiger partial charge is 0.351 e. The van der Waals surface area contributed by atoms with E-state index in [1.807, 2.05) is 0 Å². The van der Waals surface area contributed by atoms with Gasteiger partial charge in [0.2, 0.25) is 25.8 Å². The minimum Gasteiger partial charge on any atom is -0.351 e. The van der Waals surface area contributed by atoms with Crippen molar-refractivity contribution in [2.45, 2.75) is 36.0 Å². The number of sulfonamides is 2. The highest BCUT2D eigenvalue weighted by Gasteiger charge is 2.32. The van der Waals surface area contributed by atoms with Crippen molar-refractivity contribution >= 4 is 26.0 Å². The van der Waals surface area contributed by atoms with Crippen LogP contribution in [-0.4, -0.2) is 80.7 Å². The highest BCUT2D eigenvalue weighted by atomic mass is 32.2. The fraction of sp³-hybridized carbons (Fsp3) is 0.500. The van der Waals surface area contributed by atoms with Gasteiger partial charge in [-0.25, -0.2) is 16.8 Å². The lowest BCUT2D eigenvalue weighted by Crippen LogP contribution is -2.50. The number of piperazine rings is 1. The molecule has 2 aromatic rings. The van der Waals surface area contributed by atoms with E-state index in [0.717, 1.165) is 19.3 Å². The van der Waals surface area contributed by atoms with Crippen LogP contribution in [0.5, 0.6) is 0 Å². The molecule has 0 aliphatic carbocycles. The molecule has 0 atom stereocenters. The normalized spacial score (nSPS) is 19.2. The van der Waals surface area contributed by atoms with Crippen molar-refractivity contribution in [2.24, 2.45) is 0 Å². The highest BCUT2D eigenvalue weighted by Crippen LogP contribution is 2.24. The van der Waals surface area contributed by atoms with E-state index < -0.39 is 20.0 Å². The van der Waals surface area contributed by atoms with Gasteiger partial charge >= 0.3 is 0 Å². The first-order valence-electron chi connectivity index (χ1n) is 10.5. The fourth-order valence-electron chi connectivity index (χ4n) is 3.94. The smallest absolute Gasteiger partial charge is 0.292 e. The van der Waals surface area contributed by atoms with Gasteiger partial charge in [-0.3, -0.25) is 4.79 Å². The highest BCUT2D eigenvalue weighted by molar-refractivity contribution is 7.89. The number of aromatic nitrogens is 1. The molecule has 174 valence electrons. The van der Waals surface area contributed by atoms with Crippen molar-refractivity contribution in [3.63, 3.8) is 0 Å². The average Bonchev–Trinajstić information content (AvgIpc) is 3.25. The summed E-state index contributed by atoms with van der Waals surface area (Å²) in [6.45, 7) is 3.40. The molecule has 3 heterocycles. The van der Waals surface area contributed by atoms with E-state index in [2.05, 4.69) is 5.16 Å². The molecule has 1 amide bonds. The molecule has 2 saturated heterocycles. The Morgan fingerprint density at radius 1 is 0.812 bits per heavy atom. The summed E-state index contributed by atoms with van der Waals surface area (Å²) in [5, 5.41) is 3.71. The number of aryl methyl sites for hydroxylation is 1. The number of carbonyl (C=O) groups excluding carboxylic acids is 1. The summed E-state index contributed by atoms with van der Waals surface area (Å²) in [7, 11) is -7.43. The Kier molecular flexibility index (Phi) is 6.39. The van der Waals surface area contributed by atoms with Crippen molar-refractivity contribution in [1.82, 2.24) is 18.7 Å². The van der Waals surface area contributed by atoms with Gasteiger partial charge in [0.1, 0.15) is 0 Å². The zero-order valence-corrected chi connectivity index (χ0v) is 19.4. The molecule has 0 radical (unpaired) electrons. The average molecular weight is 483 g/mol. The van der Waals surface area contributed by atoms with Gasteiger partial charge in [0.25, 0.3) is 5.91 Å². The molecule has 10 nitrogen and oxygen atoms in total. The molecule has 2 fully saturated rings. The minimum atomic E-state index is -3.81. The van der Waals surface area contributed by atoms with Crippen LogP contribution in [0, 0.1) is 6.92 Å². The summed E-state index contributed by atoms with van der Waals surface area (Å²) in [4.78, 5) is 14.1. The molecule has 2 aliphatic rings. The Morgan fingerprint density at radius 3 is 1.78 bits per heavy atom. The summed E-state index contributed by atoms with van der Waals surface area (Å²) >= 11 is 0. The maximum Gasteiger partial charge on any atom is 0.292 e. The zero-order chi connectivity index (χ0) is 22.9. The number of hydrogen-bond acceptors (Lipinski definition) is 7. The molecule has 1 aromatic carbocycles. The number of nitrogens with zero attached hydrogens (tertiary/aromatic N) is 4. The molecule has 0 N–H and O–H groups in total. The van der Waals surface area contributed by atoms with Crippen LogP contribution in [0.25, 0.3) is 0 Å². The Bertz CT molecular complexity index is 1180. The van der Waals surface area contributed by atoms with Gasteiger partial charge in [-0.1, -0.05) is 11.6 Å². The zero-order valence-electron chi connectivity index (χ0n) is 17.8. The summed E-state index contributed by atoms with van der Waals surface area (Å²) in [6, 6.07) is 6.92. The standard InChI is InChI=1S/C20H26N4O6S2/c1-16-15-19(30-21-16)20(25)22-11-13-24(14-12-22)32(28,29)18-7-5-17(6-8-18)31(26,27)23-9-3-2-4-10-23/h5-8,15H,2-4,9-14H2,1H3. The Hall–Kier alpha value is -2.28. The Labute approximate surface area is 187 Å². The van der Waals surface area contributed by atoms with Gasteiger partial charge in [0.05, 0.1) is 15.5 Å². The van der Waals surface area contributed by atoms with Gasteiger partial charge in [-0.2, -0.15) is 8.61 Å². The van der Waals surface area contributed by atoms with Gasteiger partial charge in [-0.05, 0) is 44.0 Å². The SMILES string of the molecule is Cc1cc(C(=O)N2CCN(S(=O)(=O)c3ccc(S(=O)(=O)N4CCCCC4)cc3)CC2)on1. The van der Waals surface area contributed by atoms with E-state index in [1.165, 1.54) is 37.8 Å². The lowest BCUT2D eigenvalue weighted by atomic mass is 10.2. The van der Waals surface area contributed by atoms with Crippen molar-refractivity contribution in [2.75, 3.05) is 39.3 Å². The van der Waals surface area contributed by atoms with Crippen LogP contribution in [0.3, 0.4) is 0 Å². The molecule has 32 heavy (non-hydrogen) atoms. The fourth-order valence-corrected chi connectivity index (χ4v) is 6.88. The monoisotopic (exact) mass is 482 g/mol. The predicted molar refractivity (Wildman–Crippen MR) is 115 cm³/mol. The van der Waals surface area contributed by atoms with Gasteiger partial charge in [-0.15, -0.1) is 0 Å². The van der Waals surface area contributed by atoms with E-state index in [0.29, 0.717) is 18.8 Å². The second-order valence-corrected chi connectivity index (χ2v) is 11.8. The summed E-state index contributed by atoms with van der Waals surface area (Å²) in [6.07, 6.45) is 2.67. The van der Waals surface area contributed by atoms with Gasteiger partial charge < -0.3 is 9.42 Å². The third kappa shape index (κ3) is 4.45. The molecular formula is C20H26N4O6S2. The van der Waals surface area contributed by atoms with Crippen LogP contribution in [-0.2, 0) is 20.0 Å². The topological polar surface area (TPSA) is 121 Å². The lowest BCUT2D eigenvalue weighted by molar-refractivity contribution is 0.0656. The number of amides is 1. The maximum atomic E-state index is 13.0. The van der Waals surface area contributed by atoms with Crippen molar-refractivity contribution in [3.05, 3.63) is 41.8 Å². The molecular weight excluding hydrogens is 456 g/mol. The molecule has 0 saturated carbocycles. The third-order valence-electron chi connectivity index (χ3n) is 5.78. The first-order chi connectivity index (χ1) is 15.2. The van der Waals surface area contributed by atoms with Crippen molar-refractivity contribution < 1.29 is 26.2 Å². The predicted octanol–water partition coefficient (Wildman–Crippen LogP) is 1.30. The summed E-state index contributed by atoms with van der Waals surface area (Å²) in [5.74, 6) is -0.195. The first kappa shape index (κ1) is 22.9. The second kappa shape index (κ2) is 8.93. The van der Waals surface area contributed by atoms with E-state index in [1.54, 1.807) is 13.0 Å². The maximum absolute atomic E-state index is 13.0. The van der Waals surface area contributed by atoms with Crippen LogP contribution in [0.2, 0.25) is 0 Å². The third-order valence-corrected chi connectivity index (χ3v) is 9.60. The number of hydrogen-bond donors (Lipinski definition) is 0. The molecule has 1 aromatic heterocycles. The number of rotatable bonds is 5. The molecule has 4 rings (SSSR count). The van der Waals surface area contributed by atoms with Crippen LogP contribution < -0.4 is 0 Å². The Morgan fingerprint density at radius 2 is 1.31 bits per heavy atom. The van der Waals surface area contributed by atoms with E-state index in [4.69, 9.17) is 4.52 Å². The van der Waals surface area contributed by atoms with Gasteiger partial charge in [0.15, 0.2) is 0 Å². The molecule has 2 aliphatic heterocycles. The second-order valence-electron chi connectivity index (χ2n) is 7.96. The summed E-state index contributed by atoms with van der Waals surface area (Å²) in [5.41, 5.74) is 0.598. The molecule has 0 bridgehead atoms. The molecule has 0 spiro atoms. The van der Waals surface area contributed by atoms with Crippen LogP contribution in [0.1, 0.15) is 35.5 Å². The first-order valence-corrected chi connectivity index (χ1v) is 13.4. The molecule has 0 unspecified atom stereocenters. The number of carbonyl (C=O) groups is 1. The number of piperidine rings is 1.